The lowest BCUT2D eigenvalue weighted by Gasteiger charge is -2.38. The van der Waals surface area contributed by atoms with Crippen molar-refractivity contribution >= 4 is 0 Å². The van der Waals surface area contributed by atoms with Crippen molar-refractivity contribution in [2.45, 2.75) is 39.3 Å². The van der Waals surface area contributed by atoms with Crippen LogP contribution in [0.4, 0.5) is 0 Å². The van der Waals surface area contributed by atoms with E-state index < -0.39 is 0 Å². The largest absolute Gasteiger partial charge is 0.364 e. The van der Waals surface area contributed by atoms with Crippen LogP contribution in [0.15, 0.2) is 16.9 Å². The molecule has 3 nitrogen and oxygen atoms in total. The predicted octanol–water partition coefficient (Wildman–Crippen LogP) is 2.20. The van der Waals surface area contributed by atoms with Gasteiger partial charge >= 0.3 is 0 Å². The van der Waals surface area contributed by atoms with E-state index in [0.717, 1.165) is 24.1 Å². The molecule has 1 aromatic rings. The number of nitrogens with one attached hydrogen (secondary N) is 1. The summed E-state index contributed by atoms with van der Waals surface area (Å²) in [5, 5.41) is 7.35. The highest BCUT2D eigenvalue weighted by Gasteiger charge is 2.30. The fraction of sp³-hybridized carbons (Fsp3) is 0.727. The molecule has 1 saturated carbocycles. The van der Waals surface area contributed by atoms with Crippen molar-refractivity contribution in [1.82, 2.24) is 10.5 Å². The van der Waals surface area contributed by atoms with Crippen molar-refractivity contribution in [2.75, 3.05) is 0 Å². The zero-order valence-corrected chi connectivity index (χ0v) is 8.86. The van der Waals surface area contributed by atoms with Crippen LogP contribution in [0.2, 0.25) is 0 Å². The molecular formula is C11H18N2O. The van der Waals surface area contributed by atoms with E-state index in [0.29, 0.717) is 6.04 Å². The Hall–Kier alpha value is -0.830. The molecular weight excluding hydrogens is 176 g/mol. The molecule has 0 atom stereocenters. The first kappa shape index (κ1) is 9.71. The van der Waals surface area contributed by atoms with Gasteiger partial charge in [-0.2, -0.15) is 0 Å². The van der Waals surface area contributed by atoms with Crippen molar-refractivity contribution in [2.24, 2.45) is 11.8 Å². The van der Waals surface area contributed by atoms with Gasteiger partial charge in [-0.25, -0.2) is 0 Å². The van der Waals surface area contributed by atoms with Crippen LogP contribution in [-0.2, 0) is 6.54 Å². The molecule has 1 N–H and O–H groups in total. The maximum atomic E-state index is 4.77. The fourth-order valence-corrected chi connectivity index (χ4v) is 1.95. The molecule has 0 radical (unpaired) electrons. The molecule has 1 heterocycles. The van der Waals surface area contributed by atoms with Crippen LogP contribution in [0.5, 0.6) is 0 Å². The molecule has 1 aromatic heterocycles. The third kappa shape index (κ3) is 2.15. The molecule has 0 bridgehead atoms. The summed E-state index contributed by atoms with van der Waals surface area (Å²) < 4.78 is 4.77. The lowest BCUT2D eigenvalue weighted by atomic mass is 9.74. The van der Waals surface area contributed by atoms with E-state index in [-0.39, 0.29) is 0 Å². The van der Waals surface area contributed by atoms with Crippen LogP contribution in [0.1, 0.15) is 32.4 Å². The van der Waals surface area contributed by atoms with Crippen LogP contribution >= 0.6 is 0 Å². The molecule has 78 valence electrons. The van der Waals surface area contributed by atoms with Crippen LogP contribution in [0, 0.1) is 11.8 Å². The van der Waals surface area contributed by atoms with E-state index in [1.165, 1.54) is 12.8 Å². The summed E-state index contributed by atoms with van der Waals surface area (Å²) in [6.45, 7) is 5.45. The minimum Gasteiger partial charge on any atom is -0.364 e. The minimum atomic E-state index is 0.694. The molecule has 0 amide bonds. The van der Waals surface area contributed by atoms with Gasteiger partial charge in [0.25, 0.3) is 0 Å². The molecule has 0 aliphatic heterocycles. The van der Waals surface area contributed by atoms with Gasteiger partial charge in [-0.3, -0.25) is 0 Å². The number of aromatic nitrogens is 1. The molecule has 2 rings (SSSR count). The molecule has 0 unspecified atom stereocenters. The van der Waals surface area contributed by atoms with Gasteiger partial charge in [-0.15, -0.1) is 0 Å². The molecule has 1 aliphatic rings. The van der Waals surface area contributed by atoms with Crippen LogP contribution in [0.3, 0.4) is 0 Å². The van der Waals surface area contributed by atoms with E-state index in [1.807, 2.05) is 6.07 Å². The quantitative estimate of drug-likeness (QED) is 0.798. The van der Waals surface area contributed by atoms with Crippen molar-refractivity contribution in [1.29, 1.82) is 0 Å². The van der Waals surface area contributed by atoms with Gasteiger partial charge in [0.2, 0.25) is 0 Å². The maximum Gasteiger partial charge on any atom is 0.124 e. The molecule has 0 spiro atoms. The summed E-state index contributed by atoms with van der Waals surface area (Å²) in [6, 6.07) is 2.60. The zero-order chi connectivity index (χ0) is 9.97. The summed E-state index contributed by atoms with van der Waals surface area (Å²) in [5.41, 5.74) is 0.998. The van der Waals surface area contributed by atoms with Gasteiger partial charge in [0.1, 0.15) is 6.26 Å². The first-order valence-electron chi connectivity index (χ1n) is 5.38. The molecule has 1 aliphatic carbocycles. The van der Waals surface area contributed by atoms with Gasteiger partial charge in [-0.1, -0.05) is 19.0 Å². The Morgan fingerprint density at radius 3 is 2.93 bits per heavy atom. The average Bonchev–Trinajstić information content (AvgIpc) is 2.52. The average molecular weight is 194 g/mol. The van der Waals surface area contributed by atoms with E-state index in [9.17, 15) is 0 Å². The summed E-state index contributed by atoms with van der Waals surface area (Å²) in [5.74, 6) is 1.75. The Kier molecular flexibility index (Phi) is 2.87. The number of hydrogen-bond acceptors (Lipinski definition) is 3. The Balaban J connectivity index is 1.65. The Morgan fingerprint density at radius 1 is 1.57 bits per heavy atom. The molecule has 1 fully saturated rings. The van der Waals surface area contributed by atoms with Crippen LogP contribution in [-0.4, -0.2) is 11.2 Å². The third-order valence-corrected chi connectivity index (χ3v) is 3.18. The first-order chi connectivity index (χ1) is 6.75. The highest BCUT2D eigenvalue weighted by atomic mass is 16.5. The SMILES string of the molecule is CC(C)C1CC(NCc2ccon2)C1. The smallest absolute Gasteiger partial charge is 0.124 e. The van der Waals surface area contributed by atoms with Crippen LogP contribution < -0.4 is 5.32 Å². The highest BCUT2D eigenvalue weighted by molar-refractivity contribution is 4.96. The number of hydrogen-bond donors (Lipinski definition) is 1. The molecule has 3 heteroatoms. The lowest BCUT2D eigenvalue weighted by molar-refractivity contribution is 0.167. The first-order valence-corrected chi connectivity index (χ1v) is 5.38. The lowest BCUT2D eigenvalue weighted by Crippen LogP contribution is -2.42. The zero-order valence-electron chi connectivity index (χ0n) is 8.86. The molecule has 0 saturated heterocycles. The maximum absolute atomic E-state index is 4.77. The van der Waals surface area contributed by atoms with E-state index in [2.05, 4.69) is 24.3 Å². The summed E-state index contributed by atoms with van der Waals surface area (Å²) >= 11 is 0. The highest BCUT2D eigenvalue weighted by Crippen LogP contribution is 2.33. The van der Waals surface area contributed by atoms with Crippen molar-refractivity contribution < 1.29 is 4.52 Å². The summed E-state index contributed by atoms with van der Waals surface area (Å²) in [7, 11) is 0. The van der Waals surface area contributed by atoms with Gasteiger partial charge in [-0.05, 0) is 24.7 Å². The molecule has 14 heavy (non-hydrogen) atoms. The second-order valence-corrected chi connectivity index (χ2v) is 4.54. The number of rotatable bonds is 4. The van der Waals surface area contributed by atoms with Gasteiger partial charge in [0.15, 0.2) is 0 Å². The van der Waals surface area contributed by atoms with Gasteiger partial charge < -0.3 is 9.84 Å². The van der Waals surface area contributed by atoms with E-state index in [1.54, 1.807) is 6.26 Å². The molecule has 0 aromatic carbocycles. The van der Waals surface area contributed by atoms with Crippen molar-refractivity contribution in [3.8, 4) is 0 Å². The standard InChI is InChI=1S/C11H18N2O/c1-8(2)9-5-11(6-9)12-7-10-3-4-14-13-10/h3-4,8-9,11-12H,5-7H2,1-2H3. The van der Waals surface area contributed by atoms with Gasteiger partial charge in [0, 0.05) is 18.7 Å². The Bertz CT molecular complexity index is 263. The van der Waals surface area contributed by atoms with E-state index >= 15 is 0 Å². The Morgan fingerprint density at radius 2 is 2.36 bits per heavy atom. The summed E-state index contributed by atoms with van der Waals surface area (Å²) in [4.78, 5) is 0. The third-order valence-electron chi connectivity index (χ3n) is 3.18. The normalized spacial score (nSPS) is 26.5. The van der Waals surface area contributed by atoms with Gasteiger partial charge in [0.05, 0.1) is 5.69 Å². The minimum absolute atomic E-state index is 0.694. The van der Waals surface area contributed by atoms with Crippen molar-refractivity contribution in [3.05, 3.63) is 18.0 Å². The van der Waals surface area contributed by atoms with Crippen LogP contribution in [0.25, 0.3) is 0 Å². The topological polar surface area (TPSA) is 38.1 Å². The predicted molar refractivity (Wildman–Crippen MR) is 54.7 cm³/mol. The second-order valence-electron chi connectivity index (χ2n) is 4.54. The summed E-state index contributed by atoms with van der Waals surface area (Å²) in [6.07, 6.45) is 4.25. The van der Waals surface area contributed by atoms with E-state index in [4.69, 9.17) is 4.52 Å². The fourth-order valence-electron chi connectivity index (χ4n) is 1.95. The monoisotopic (exact) mass is 194 g/mol. The Labute approximate surface area is 84.9 Å². The second kappa shape index (κ2) is 4.13. The number of nitrogens with zero attached hydrogens (tertiary/aromatic N) is 1. The van der Waals surface area contributed by atoms with Crippen molar-refractivity contribution in [3.63, 3.8) is 0 Å².